The van der Waals surface area contributed by atoms with Crippen molar-refractivity contribution in [3.63, 3.8) is 0 Å². The van der Waals surface area contributed by atoms with E-state index in [4.69, 9.17) is 4.74 Å². The highest BCUT2D eigenvalue weighted by Crippen LogP contribution is 2.38. The molecule has 0 aromatic heterocycles. The summed E-state index contributed by atoms with van der Waals surface area (Å²) in [7, 11) is 0. The van der Waals surface area contributed by atoms with Crippen molar-refractivity contribution in [2.45, 2.75) is 30.6 Å². The molecular weight excluding hydrogens is 242 g/mol. The average Bonchev–Trinajstić information content (AvgIpc) is 2.81. The Morgan fingerprint density at radius 1 is 1.33 bits per heavy atom. The van der Waals surface area contributed by atoms with Crippen molar-refractivity contribution < 1.29 is 4.74 Å². The third kappa shape index (κ3) is 4.01. The van der Waals surface area contributed by atoms with E-state index in [1.54, 1.807) is 0 Å². The molecule has 0 bridgehead atoms. The summed E-state index contributed by atoms with van der Waals surface area (Å²) in [4.78, 5) is 1.46. The normalized spacial score (nSPS) is 17.9. The third-order valence-electron chi connectivity index (χ3n) is 3.26. The topological polar surface area (TPSA) is 21.3 Å². The molecule has 2 nitrogen and oxygen atoms in total. The summed E-state index contributed by atoms with van der Waals surface area (Å²) < 4.78 is 5.54. The van der Waals surface area contributed by atoms with Gasteiger partial charge >= 0.3 is 0 Å². The van der Waals surface area contributed by atoms with Gasteiger partial charge in [-0.3, -0.25) is 0 Å². The molecule has 0 radical (unpaired) electrons. The van der Waals surface area contributed by atoms with E-state index >= 15 is 0 Å². The maximum absolute atomic E-state index is 5.54. The minimum atomic E-state index is 0.668. The number of ether oxygens (including phenoxy) is 1. The standard InChI is InChI=1S/C15H23NOS/c1-2-3-9-17-10-8-16-11-13-12-18-15-7-5-4-6-14(13)15/h4-7,13,16H,2-3,8-12H2,1H3. The second-order valence-electron chi connectivity index (χ2n) is 4.72. The van der Waals surface area contributed by atoms with E-state index in [1.165, 1.54) is 29.1 Å². The first-order valence-corrected chi connectivity index (χ1v) is 7.90. The Bertz CT molecular complexity index is 356. The Morgan fingerprint density at radius 2 is 2.22 bits per heavy atom. The maximum Gasteiger partial charge on any atom is 0.0590 e. The van der Waals surface area contributed by atoms with Crippen molar-refractivity contribution in [3.8, 4) is 0 Å². The lowest BCUT2D eigenvalue weighted by atomic mass is 10.0. The van der Waals surface area contributed by atoms with Gasteiger partial charge in [0.05, 0.1) is 6.61 Å². The minimum Gasteiger partial charge on any atom is -0.380 e. The first-order chi connectivity index (χ1) is 8.92. The van der Waals surface area contributed by atoms with E-state index in [9.17, 15) is 0 Å². The molecule has 1 unspecified atom stereocenters. The van der Waals surface area contributed by atoms with Crippen LogP contribution in [-0.2, 0) is 4.74 Å². The van der Waals surface area contributed by atoms with Gasteiger partial charge in [0.2, 0.25) is 0 Å². The molecule has 0 spiro atoms. The van der Waals surface area contributed by atoms with Crippen LogP contribution < -0.4 is 5.32 Å². The molecule has 1 aliphatic rings. The summed E-state index contributed by atoms with van der Waals surface area (Å²) in [6.07, 6.45) is 2.39. The molecule has 18 heavy (non-hydrogen) atoms. The van der Waals surface area contributed by atoms with Crippen LogP contribution in [0, 0.1) is 0 Å². The number of nitrogens with one attached hydrogen (secondary N) is 1. The number of unbranched alkanes of at least 4 members (excludes halogenated alkanes) is 1. The van der Waals surface area contributed by atoms with Gasteiger partial charge in [0.1, 0.15) is 0 Å². The molecule has 1 aliphatic heterocycles. The smallest absolute Gasteiger partial charge is 0.0590 e. The summed E-state index contributed by atoms with van der Waals surface area (Å²) in [5.41, 5.74) is 1.52. The van der Waals surface area contributed by atoms with Gasteiger partial charge in [0, 0.05) is 36.3 Å². The van der Waals surface area contributed by atoms with Crippen LogP contribution in [-0.4, -0.2) is 32.1 Å². The Balaban J connectivity index is 1.61. The van der Waals surface area contributed by atoms with Crippen LogP contribution in [0.25, 0.3) is 0 Å². The highest BCUT2D eigenvalue weighted by molar-refractivity contribution is 7.99. The first-order valence-electron chi connectivity index (χ1n) is 6.92. The van der Waals surface area contributed by atoms with Gasteiger partial charge in [-0.05, 0) is 18.1 Å². The molecule has 1 aromatic carbocycles. The zero-order valence-electron chi connectivity index (χ0n) is 11.2. The largest absolute Gasteiger partial charge is 0.380 e. The van der Waals surface area contributed by atoms with Crippen molar-refractivity contribution in [3.05, 3.63) is 29.8 Å². The maximum atomic E-state index is 5.54. The van der Waals surface area contributed by atoms with Crippen LogP contribution in [0.15, 0.2) is 29.2 Å². The van der Waals surface area contributed by atoms with Crippen molar-refractivity contribution in [2.75, 3.05) is 32.1 Å². The van der Waals surface area contributed by atoms with E-state index < -0.39 is 0 Å². The Hall–Kier alpha value is -0.510. The summed E-state index contributed by atoms with van der Waals surface area (Å²) in [6, 6.07) is 8.77. The molecule has 0 saturated heterocycles. The highest BCUT2D eigenvalue weighted by atomic mass is 32.2. The molecule has 0 aliphatic carbocycles. The minimum absolute atomic E-state index is 0.668. The average molecular weight is 265 g/mol. The van der Waals surface area contributed by atoms with Gasteiger partial charge in [-0.25, -0.2) is 0 Å². The summed E-state index contributed by atoms with van der Waals surface area (Å²) in [5.74, 6) is 1.88. The molecule has 1 atom stereocenters. The Morgan fingerprint density at radius 3 is 3.11 bits per heavy atom. The fraction of sp³-hybridized carbons (Fsp3) is 0.600. The lowest BCUT2D eigenvalue weighted by Crippen LogP contribution is -2.25. The van der Waals surface area contributed by atoms with Crippen LogP contribution in [0.2, 0.25) is 0 Å². The predicted molar refractivity (Wildman–Crippen MR) is 78.5 cm³/mol. The van der Waals surface area contributed by atoms with Crippen molar-refractivity contribution >= 4 is 11.8 Å². The number of fused-ring (bicyclic) bond motifs is 1. The highest BCUT2D eigenvalue weighted by Gasteiger charge is 2.21. The van der Waals surface area contributed by atoms with Crippen LogP contribution in [0.5, 0.6) is 0 Å². The SMILES string of the molecule is CCCCOCCNCC1CSc2ccccc21. The third-order valence-corrected chi connectivity index (χ3v) is 4.51. The van der Waals surface area contributed by atoms with Crippen LogP contribution in [0.4, 0.5) is 0 Å². The predicted octanol–water partition coefficient (Wildman–Crippen LogP) is 3.28. The van der Waals surface area contributed by atoms with Gasteiger partial charge in [0.25, 0.3) is 0 Å². The zero-order valence-corrected chi connectivity index (χ0v) is 12.0. The number of hydrogen-bond acceptors (Lipinski definition) is 3. The van der Waals surface area contributed by atoms with E-state index in [0.717, 1.165) is 26.3 Å². The molecule has 0 amide bonds. The van der Waals surface area contributed by atoms with E-state index in [0.29, 0.717) is 5.92 Å². The van der Waals surface area contributed by atoms with Crippen molar-refractivity contribution in [1.29, 1.82) is 0 Å². The molecule has 1 aromatic rings. The second-order valence-corrected chi connectivity index (χ2v) is 5.78. The zero-order chi connectivity index (χ0) is 12.6. The second kappa shape index (κ2) is 7.82. The van der Waals surface area contributed by atoms with Crippen LogP contribution >= 0.6 is 11.8 Å². The summed E-state index contributed by atoms with van der Waals surface area (Å²) in [6.45, 7) is 5.97. The Labute approximate surface area is 114 Å². The molecule has 3 heteroatoms. The van der Waals surface area contributed by atoms with Gasteiger partial charge < -0.3 is 10.1 Å². The lowest BCUT2D eigenvalue weighted by molar-refractivity contribution is 0.133. The van der Waals surface area contributed by atoms with Crippen LogP contribution in [0.1, 0.15) is 31.2 Å². The van der Waals surface area contributed by atoms with E-state index in [1.807, 2.05) is 11.8 Å². The summed E-state index contributed by atoms with van der Waals surface area (Å²) in [5, 5.41) is 3.51. The quantitative estimate of drug-likeness (QED) is 0.729. The fourth-order valence-electron chi connectivity index (χ4n) is 2.17. The van der Waals surface area contributed by atoms with Gasteiger partial charge in [-0.15, -0.1) is 11.8 Å². The van der Waals surface area contributed by atoms with Crippen molar-refractivity contribution in [1.82, 2.24) is 5.32 Å². The number of thioether (sulfide) groups is 1. The number of hydrogen-bond donors (Lipinski definition) is 1. The van der Waals surface area contributed by atoms with Gasteiger partial charge in [0.15, 0.2) is 0 Å². The first kappa shape index (κ1) is 13.9. The fourth-order valence-corrected chi connectivity index (χ4v) is 3.42. The van der Waals surface area contributed by atoms with Gasteiger partial charge in [-0.2, -0.15) is 0 Å². The summed E-state index contributed by atoms with van der Waals surface area (Å²) >= 11 is 1.98. The molecule has 1 heterocycles. The molecular formula is C15H23NOS. The molecule has 1 N–H and O–H groups in total. The molecule has 0 saturated carbocycles. The monoisotopic (exact) mass is 265 g/mol. The molecule has 0 fully saturated rings. The van der Waals surface area contributed by atoms with Gasteiger partial charge in [-0.1, -0.05) is 31.5 Å². The van der Waals surface area contributed by atoms with Crippen molar-refractivity contribution in [2.24, 2.45) is 0 Å². The van der Waals surface area contributed by atoms with Crippen LogP contribution in [0.3, 0.4) is 0 Å². The van der Waals surface area contributed by atoms with E-state index in [-0.39, 0.29) is 0 Å². The molecule has 100 valence electrons. The van der Waals surface area contributed by atoms with E-state index in [2.05, 4.69) is 36.5 Å². The lowest BCUT2D eigenvalue weighted by Gasteiger charge is -2.12. The molecule has 2 rings (SSSR count). The number of benzene rings is 1. The number of rotatable bonds is 8. The Kier molecular flexibility index (Phi) is 6.05.